The van der Waals surface area contributed by atoms with Crippen molar-refractivity contribution in [1.82, 2.24) is 10.2 Å². The van der Waals surface area contributed by atoms with Crippen molar-refractivity contribution >= 4 is 52.5 Å². The molecule has 0 aromatic heterocycles. The molecule has 1 saturated heterocycles. The van der Waals surface area contributed by atoms with Crippen LogP contribution in [0.4, 0.5) is 0 Å². The summed E-state index contributed by atoms with van der Waals surface area (Å²) >= 11 is 8.08. The summed E-state index contributed by atoms with van der Waals surface area (Å²) < 4.78 is 0.950. The normalized spacial score (nSPS) is 15.3. The van der Waals surface area contributed by atoms with Crippen molar-refractivity contribution in [3.8, 4) is 0 Å². The van der Waals surface area contributed by atoms with E-state index in [1.165, 1.54) is 0 Å². The van der Waals surface area contributed by atoms with Crippen molar-refractivity contribution in [3.63, 3.8) is 0 Å². The summed E-state index contributed by atoms with van der Waals surface area (Å²) in [5.74, 6) is 0.0772. The largest absolute Gasteiger partial charge is 0.336 e. The van der Waals surface area contributed by atoms with Gasteiger partial charge in [-0.15, -0.1) is 12.4 Å². The third-order valence-corrected chi connectivity index (χ3v) is 3.74. The number of nitrogens with zero attached hydrogens (tertiary/aromatic N) is 1. The molecular formula is C11H13Cl2IN2O. The first kappa shape index (κ1) is 15.0. The lowest BCUT2D eigenvalue weighted by Gasteiger charge is -2.27. The maximum Gasteiger partial charge on any atom is 0.255 e. The summed E-state index contributed by atoms with van der Waals surface area (Å²) in [5.41, 5.74) is 0.704. The molecule has 94 valence electrons. The Balaban J connectivity index is 0.00000144. The molecule has 0 radical (unpaired) electrons. The highest BCUT2D eigenvalue weighted by molar-refractivity contribution is 14.1. The van der Waals surface area contributed by atoms with Crippen LogP contribution in [0.15, 0.2) is 18.2 Å². The molecule has 0 saturated carbocycles. The van der Waals surface area contributed by atoms with Crippen molar-refractivity contribution in [2.24, 2.45) is 0 Å². The molecule has 0 unspecified atom stereocenters. The molecule has 2 rings (SSSR count). The van der Waals surface area contributed by atoms with Gasteiger partial charge >= 0.3 is 0 Å². The minimum Gasteiger partial charge on any atom is -0.336 e. The van der Waals surface area contributed by atoms with E-state index >= 15 is 0 Å². The van der Waals surface area contributed by atoms with Crippen molar-refractivity contribution in [2.45, 2.75) is 0 Å². The van der Waals surface area contributed by atoms with Crippen LogP contribution in [-0.2, 0) is 0 Å². The van der Waals surface area contributed by atoms with Gasteiger partial charge in [0.2, 0.25) is 0 Å². The number of hydrogen-bond donors (Lipinski definition) is 1. The summed E-state index contributed by atoms with van der Waals surface area (Å²) in [6.07, 6.45) is 0. The molecule has 0 aliphatic carbocycles. The fourth-order valence-corrected chi connectivity index (χ4v) is 2.44. The number of rotatable bonds is 1. The van der Waals surface area contributed by atoms with Crippen LogP contribution in [0.3, 0.4) is 0 Å². The van der Waals surface area contributed by atoms with Crippen LogP contribution in [0.2, 0.25) is 5.02 Å². The average Bonchev–Trinajstić information content (AvgIpc) is 2.32. The van der Waals surface area contributed by atoms with Crippen molar-refractivity contribution in [2.75, 3.05) is 26.2 Å². The Morgan fingerprint density at radius 3 is 2.65 bits per heavy atom. The van der Waals surface area contributed by atoms with E-state index in [0.29, 0.717) is 10.6 Å². The Hall–Kier alpha value is -0.0400. The number of piperazine rings is 1. The summed E-state index contributed by atoms with van der Waals surface area (Å²) in [6.45, 7) is 3.26. The SMILES string of the molecule is Cl.O=C(c1cc(Cl)ccc1I)N1CCNCC1. The van der Waals surface area contributed by atoms with E-state index in [9.17, 15) is 4.79 Å². The maximum absolute atomic E-state index is 12.2. The molecule has 1 N–H and O–H groups in total. The van der Waals surface area contributed by atoms with E-state index < -0.39 is 0 Å². The molecule has 1 fully saturated rings. The molecule has 0 spiro atoms. The van der Waals surface area contributed by atoms with Crippen molar-refractivity contribution in [1.29, 1.82) is 0 Å². The summed E-state index contributed by atoms with van der Waals surface area (Å²) in [5, 5.41) is 3.84. The minimum absolute atomic E-state index is 0. The number of halogens is 3. The van der Waals surface area contributed by atoms with Crippen LogP contribution in [0.1, 0.15) is 10.4 Å². The number of carbonyl (C=O) groups is 1. The topological polar surface area (TPSA) is 32.3 Å². The van der Waals surface area contributed by atoms with Crippen LogP contribution in [-0.4, -0.2) is 37.0 Å². The second kappa shape index (κ2) is 6.78. The zero-order valence-electron chi connectivity index (χ0n) is 9.08. The second-order valence-corrected chi connectivity index (χ2v) is 5.26. The summed E-state index contributed by atoms with van der Waals surface area (Å²) in [7, 11) is 0. The quantitative estimate of drug-likeness (QED) is 0.751. The van der Waals surface area contributed by atoms with Gasteiger partial charge in [-0.25, -0.2) is 0 Å². The first-order chi connectivity index (χ1) is 7.68. The van der Waals surface area contributed by atoms with Gasteiger partial charge in [-0.3, -0.25) is 4.79 Å². The van der Waals surface area contributed by atoms with E-state index in [2.05, 4.69) is 27.9 Å². The van der Waals surface area contributed by atoms with E-state index in [4.69, 9.17) is 11.6 Å². The fraction of sp³-hybridized carbons (Fsp3) is 0.364. The molecule has 1 aromatic rings. The molecule has 1 aliphatic heterocycles. The monoisotopic (exact) mass is 386 g/mol. The van der Waals surface area contributed by atoms with Crippen LogP contribution < -0.4 is 5.32 Å². The Morgan fingerprint density at radius 1 is 1.35 bits per heavy atom. The van der Waals surface area contributed by atoms with E-state index in [1.807, 2.05) is 11.0 Å². The van der Waals surface area contributed by atoms with Gasteiger partial charge < -0.3 is 10.2 Å². The predicted molar refractivity (Wildman–Crippen MR) is 80.2 cm³/mol. The van der Waals surface area contributed by atoms with Gasteiger partial charge in [0.05, 0.1) is 5.56 Å². The number of hydrogen-bond acceptors (Lipinski definition) is 2. The molecular weight excluding hydrogens is 374 g/mol. The Kier molecular flexibility index (Phi) is 5.99. The number of carbonyl (C=O) groups excluding carboxylic acids is 1. The lowest BCUT2D eigenvalue weighted by atomic mass is 10.2. The van der Waals surface area contributed by atoms with Crippen molar-refractivity contribution in [3.05, 3.63) is 32.4 Å². The third-order valence-electron chi connectivity index (χ3n) is 2.56. The van der Waals surface area contributed by atoms with Gasteiger partial charge in [0.25, 0.3) is 5.91 Å². The smallest absolute Gasteiger partial charge is 0.255 e. The highest BCUT2D eigenvalue weighted by Crippen LogP contribution is 2.19. The molecule has 1 aromatic carbocycles. The highest BCUT2D eigenvalue weighted by atomic mass is 127. The predicted octanol–water partition coefficient (Wildman–Crippen LogP) is 2.41. The molecule has 1 aliphatic rings. The van der Waals surface area contributed by atoms with E-state index in [-0.39, 0.29) is 18.3 Å². The van der Waals surface area contributed by atoms with E-state index in [1.54, 1.807) is 12.1 Å². The summed E-state index contributed by atoms with van der Waals surface area (Å²) in [6, 6.07) is 5.42. The zero-order chi connectivity index (χ0) is 11.5. The Bertz CT molecular complexity index is 408. The first-order valence-electron chi connectivity index (χ1n) is 5.13. The Labute approximate surface area is 125 Å². The maximum atomic E-state index is 12.2. The second-order valence-electron chi connectivity index (χ2n) is 3.67. The number of nitrogens with one attached hydrogen (secondary N) is 1. The first-order valence-corrected chi connectivity index (χ1v) is 6.59. The van der Waals surface area contributed by atoms with Gasteiger partial charge in [-0.1, -0.05) is 11.6 Å². The van der Waals surface area contributed by atoms with Crippen molar-refractivity contribution < 1.29 is 4.79 Å². The van der Waals surface area contributed by atoms with Gasteiger partial charge in [0.1, 0.15) is 0 Å². The third kappa shape index (κ3) is 3.71. The molecule has 6 heteroatoms. The van der Waals surface area contributed by atoms with Crippen LogP contribution in [0.5, 0.6) is 0 Å². The number of benzene rings is 1. The lowest BCUT2D eigenvalue weighted by molar-refractivity contribution is 0.0735. The lowest BCUT2D eigenvalue weighted by Crippen LogP contribution is -2.46. The minimum atomic E-state index is 0. The summed E-state index contributed by atoms with van der Waals surface area (Å²) in [4.78, 5) is 14.1. The zero-order valence-corrected chi connectivity index (χ0v) is 12.8. The number of amides is 1. The van der Waals surface area contributed by atoms with Gasteiger partial charge in [0, 0.05) is 34.8 Å². The molecule has 3 nitrogen and oxygen atoms in total. The standard InChI is InChI=1S/C11H12ClIN2O.ClH/c12-8-1-2-10(13)9(7-8)11(16)15-5-3-14-4-6-15;/h1-2,7,14H,3-6H2;1H. The van der Waals surface area contributed by atoms with Crippen LogP contribution in [0, 0.1) is 3.57 Å². The average molecular weight is 387 g/mol. The van der Waals surface area contributed by atoms with Gasteiger partial charge in [-0.2, -0.15) is 0 Å². The van der Waals surface area contributed by atoms with E-state index in [0.717, 1.165) is 29.7 Å². The molecule has 1 amide bonds. The van der Waals surface area contributed by atoms with Crippen LogP contribution in [0.25, 0.3) is 0 Å². The van der Waals surface area contributed by atoms with Gasteiger partial charge in [-0.05, 0) is 40.8 Å². The molecule has 17 heavy (non-hydrogen) atoms. The molecule has 1 heterocycles. The Morgan fingerprint density at radius 2 is 2.00 bits per heavy atom. The molecule has 0 atom stereocenters. The molecule has 0 bridgehead atoms. The van der Waals surface area contributed by atoms with Crippen LogP contribution >= 0.6 is 46.6 Å². The fourth-order valence-electron chi connectivity index (χ4n) is 1.70. The highest BCUT2D eigenvalue weighted by Gasteiger charge is 2.19. The van der Waals surface area contributed by atoms with Gasteiger partial charge in [0.15, 0.2) is 0 Å².